The number of aromatic nitrogens is 2. The monoisotopic (exact) mass is 583 g/mol. The highest BCUT2D eigenvalue weighted by Crippen LogP contribution is 2.45. The Labute approximate surface area is 252 Å². The van der Waals surface area contributed by atoms with Crippen molar-refractivity contribution in [2.24, 2.45) is 5.41 Å². The number of carbonyl (C=O) groups excluding carboxylic acids is 1. The number of thiocarbonyl (C=S) groups is 1. The SMILES string of the molecule is COc1cccc(-n2c(C)cc([C@H]3[C@@H](c4ccccn4)NC(=S)N3c3ccc(NC(=O)C(C)(C)C)c(OC)c3)c2C)c1. The maximum absolute atomic E-state index is 12.7. The molecule has 42 heavy (non-hydrogen) atoms. The first-order chi connectivity index (χ1) is 20.0. The highest BCUT2D eigenvalue weighted by Gasteiger charge is 2.42. The summed E-state index contributed by atoms with van der Waals surface area (Å²) in [5.41, 5.74) is 6.10. The molecule has 2 N–H and O–H groups in total. The number of rotatable bonds is 7. The number of carbonyl (C=O) groups is 1. The summed E-state index contributed by atoms with van der Waals surface area (Å²) in [7, 11) is 3.27. The molecule has 218 valence electrons. The van der Waals surface area contributed by atoms with Gasteiger partial charge in [-0.15, -0.1) is 0 Å². The molecule has 5 rings (SSSR count). The van der Waals surface area contributed by atoms with E-state index in [2.05, 4.69) is 46.1 Å². The summed E-state index contributed by atoms with van der Waals surface area (Å²) in [6.45, 7) is 9.86. The van der Waals surface area contributed by atoms with Crippen LogP contribution in [-0.2, 0) is 4.79 Å². The largest absolute Gasteiger partial charge is 0.497 e. The summed E-state index contributed by atoms with van der Waals surface area (Å²) in [6, 6.07) is 21.5. The highest BCUT2D eigenvalue weighted by molar-refractivity contribution is 7.80. The van der Waals surface area contributed by atoms with Gasteiger partial charge >= 0.3 is 0 Å². The van der Waals surface area contributed by atoms with Crippen LogP contribution >= 0.6 is 12.2 Å². The first kappa shape index (κ1) is 29.1. The molecule has 0 saturated carbocycles. The molecule has 0 aliphatic carbocycles. The first-order valence-corrected chi connectivity index (χ1v) is 14.3. The van der Waals surface area contributed by atoms with Gasteiger partial charge in [0.15, 0.2) is 5.11 Å². The molecule has 1 amide bonds. The number of amides is 1. The molecule has 2 aromatic carbocycles. The molecular weight excluding hydrogens is 546 g/mol. The lowest BCUT2D eigenvalue weighted by Crippen LogP contribution is -2.30. The minimum absolute atomic E-state index is 0.0926. The maximum Gasteiger partial charge on any atom is 0.229 e. The summed E-state index contributed by atoms with van der Waals surface area (Å²) >= 11 is 5.97. The molecule has 0 unspecified atom stereocenters. The Balaban J connectivity index is 1.63. The van der Waals surface area contributed by atoms with Crippen LogP contribution in [0.1, 0.15) is 55.5 Å². The Kier molecular flexibility index (Phi) is 7.97. The highest BCUT2D eigenvalue weighted by atomic mass is 32.1. The van der Waals surface area contributed by atoms with Crippen LogP contribution in [0.15, 0.2) is 72.9 Å². The topological polar surface area (TPSA) is 80.7 Å². The van der Waals surface area contributed by atoms with Gasteiger partial charge in [-0.05, 0) is 74.1 Å². The Morgan fingerprint density at radius 1 is 0.976 bits per heavy atom. The molecule has 2 atom stereocenters. The zero-order chi connectivity index (χ0) is 30.2. The quantitative estimate of drug-likeness (QED) is 0.235. The molecule has 3 heterocycles. The third-order valence-electron chi connectivity index (χ3n) is 7.59. The van der Waals surface area contributed by atoms with Crippen molar-refractivity contribution in [3.05, 3.63) is 95.6 Å². The second kappa shape index (κ2) is 11.5. The number of aryl methyl sites for hydroxylation is 1. The van der Waals surface area contributed by atoms with E-state index in [-0.39, 0.29) is 18.0 Å². The number of hydrogen-bond donors (Lipinski definition) is 2. The van der Waals surface area contributed by atoms with E-state index in [1.807, 2.05) is 75.4 Å². The van der Waals surface area contributed by atoms with Crippen LogP contribution in [0, 0.1) is 19.3 Å². The van der Waals surface area contributed by atoms with E-state index in [0.717, 1.165) is 39.8 Å². The fraction of sp³-hybridized carbons (Fsp3) is 0.303. The molecule has 9 heteroatoms. The van der Waals surface area contributed by atoms with E-state index >= 15 is 0 Å². The fourth-order valence-corrected chi connectivity index (χ4v) is 5.77. The number of nitrogens with zero attached hydrogens (tertiary/aromatic N) is 3. The molecule has 1 aliphatic heterocycles. The minimum Gasteiger partial charge on any atom is -0.497 e. The number of hydrogen-bond acceptors (Lipinski definition) is 5. The Morgan fingerprint density at radius 2 is 1.76 bits per heavy atom. The lowest BCUT2D eigenvalue weighted by atomic mass is 9.95. The van der Waals surface area contributed by atoms with Crippen LogP contribution in [0.4, 0.5) is 11.4 Å². The van der Waals surface area contributed by atoms with Gasteiger partial charge in [-0.1, -0.05) is 32.9 Å². The molecule has 4 aromatic rings. The summed E-state index contributed by atoms with van der Waals surface area (Å²) in [5, 5.41) is 7.12. The minimum atomic E-state index is -0.545. The zero-order valence-corrected chi connectivity index (χ0v) is 25.9. The standard InChI is InChI=1S/C33H37N5O3S/c1-20-17-25(21(2)37(20)22-11-10-12-24(18-22)40-6)30-29(27-13-8-9-16-34-27)36-32(42)38(30)23-14-15-26(28(19-23)41-7)35-31(39)33(3,4)5/h8-19,29-30H,1-7H3,(H,35,39)(H,36,42)/t29-,30+/m1/s1. The summed E-state index contributed by atoms with van der Waals surface area (Å²) in [4.78, 5) is 19.5. The molecular formula is C33H37N5O3S. The third-order valence-corrected chi connectivity index (χ3v) is 7.91. The van der Waals surface area contributed by atoms with Gasteiger partial charge in [0.1, 0.15) is 11.5 Å². The Hall–Kier alpha value is -4.37. The van der Waals surface area contributed by atoms with Crippen LogP contribution in [0.3, 0.4) is 0 Å². The number of pyridine rings is 1. The van der Waals surface area contributed by atoms with Crippen LogP contribution < -0.4 is 25.0 Å². The van der Waals surface area contributed by atoms with E-state index in [0.29, 0.717) is 16.5 Å². The van der Waals surface area contributed by atoms with Crippen LogP contribution in [-0.4, -0.2) is 34.8 Å². The van der Waals surface area contributed by atoms with Gasteiger partial charge in [0.25, 0.3) is 0 Å². The van der Waals surface area contributed by atoms with Gasteiger partial charge in [0.05, 0.1) is 37.7 Å². The molecule has 0 bridgehead atoms. The van der Waals surface area contributed by atoms with E-state index < -0.39 is 5.41 Å². The third kappa shape index (κ3) is 5.44. The molecule has 1 fully saturated rings. The van der Waals surface area contributed by atoms with Gasteiger partial charge in [0, 0.05) is 46.5 Å². The second-order valence-electron chi connectivity index (χ2n) is 11.4. The van der Waals surface area contributed by atoms with E-state index in [1.54, 1.807) is 20.4 Å². The first-order valence-electron chi connectivity index (χ1n) is 13.9. The lowest BCUT2D eigenvalue weighted by molar-refractivity contribution is -0.123. The van der Waals surface area contributed by atoms with Crippen molar-refractivity contribution in [1.29, 1.82) is 0 Å². The van der Waals surface area contributed by atoms with Crippen molar-refractivity contribution in [3.63, 3.8) is 0 Å². The van der Waals surface area contributed by atoms with E-state index in [9.17, 15) is 4.79 Å². The summed E-state index contributed by atoms with van der Waals surface area (Å²) < 4.78 is 13.5. The van der Waals surface area contributed by atoms with Gasteiger partial charge in [0.2, 0.25) is 5.91 Å². The van der Waals surface area contributed by atoms with Gasteiger partial charge in [-0.2, -0.15) is 0 Å². The van der Waals surface area contributed by atoms with Crippen molar-refractivity contribution in [3.8, 4) is 17.2 Å². The Bertz CT molecular complexity index is 1630. The molecule has 1 aliphatic rings. The average molecular weight is 584 g/mol. The number of anilines is 2. The molecule has 0 radical (unpaired) electrons. The van der Waals surface area contributed by atoms with Crippen molar-refractivity contribution in [1.82, 2.24) is 14.9 Å². The predicted molar refractivity (Wildman–Crippen MR) is 171 cm³/mol. The van der Waals surface area contributed by atoms with E-state index in [4.69, 9.17) is 26.7 Å². The van der Waals surface area contributed by atoms with Crippen molar-refractivity contribution in [2.75, 3.05) is 24.4 Å². The summed E-state index contributed by atoms with van der Waals surface area (Å²) in [5.74, 6) is 1.25. The van der Waals surface area contributed by atoms with Crippen LogP contribution in [0.5, 0.6) is 11.5 Å². The van der Waals surface area contributed by atoms with Gasteiger partial charge < -0.3 is 29.6 Å². The normalized spacial score (nSPS) is 16.7. The zero-order valence-electron chi connectivity index (χ0n) is 25.1. The number of benzene rings is 2. The van der Waals surface area contributed by atoms with Crippen LogP contribution in [0.25, 0.3) is 5.69 Å². The molecule has 2 aromatic heterocycles. The second-order valence-corrected chi connectivity index (χ2v) is 11.8. The van der Waals surface area contributed by atoms with Crippen molar-refractivity contribution < 1.29 is 14.3 Å². The van der Waals surface area contributed by atoms with Gasteiger partial charge in [-0.25, -0.2) is 0 Å². The molecule has 0 spiro atoms. The molecule has 1 saturated heterocycles. The van der Waals surface area contributed by atoms with Crippen LogP contribution in [0.2, 0.25) is 0 Å². The molecule has 8 nitrogen and oxygen atoms in total. The average Bonchev–Trinajstić information content (AvgIpc) is 3.47. The smallest absolute Gasteiger partial charge is 0.229 e. The van der Waals surface area contributed by atoms with Crippen molar-refractivity contribution in [2.45, 2.75) is 46.7 Å². The Morgan fingerprint density at radius 3 is 2.43 bits per heavy atom. The number of ether oxygens (including phenoxy) is 2. The summed E-state index contributed by atoms with van der Waals surface area (Å²) in [6.07, 6.45) is 1.80. The fourth-order valence-electron chi connectivity index (χ4n) is 5.43. The van der Waals surface area contributed by atoms with Gasteiger partial charge in [-0.3, -0.25) is 9.78 Å². The number of methoxy groups -OCH3 is 2. The number of nitrogens with one attached hydrogen (secondary N) is 2. The van der Waals surface area contributed by atoms with E-state index in [1.165, 1.54) is 0 Å². The predicted octanol–water partition coefficient (Wildman–Crippen LogP) is 6.67. The van der Waals surface area contributed by atoms with Crippen molar-refractivity contribution >= 4 is 34.6 Å². The lowest BCUT2D eigenvalue weighted by Gasteiger charge is -2.29. The maximum atomic E-state index is 12.7.